The van der Waals surface area contributed by atoms with Gasteiger partial charge in [-0.15, -0.1) is 11.3 Å². The van der Waals surface area contributed by atoms with Crippen molar-refractivity contribution in [2.75, 3.05) is 5.73 Å². The second kappa shape index (κ2) is 6.54. The maximum atomic E-state index is 13.4. The van der Waals surface area contributed by atoms with Crippen LogP contribution in [0.3, 0.4) is 0 Å². The van der Waals surface area contributed by atoms with Gasteiger partial charge in [-0.3, -0.25) is 4.90 Å². The highest BCUT2D eigenvalue weighted by molar-refractivity contribution is 7.15. The molecule has 1 aliphatic rings. The normalized spacial score (nSPS) is 15.9. The van der Waals surface area contributed by atoms with Gasteiger partial charge in [0.15, 0.2) is 5.13 Å². The third kappa shape index (κ3) is 3.80. The van der Waals surface area contributed by atoms with Crippen LogP contribution in [0.4, 0.5) is 9.52 Å². The fourth-order valence-electron chi connectivity index (χ4n) is 3.05. The van der Waals surface area contributed by atoms with Gasteiger partial charge in [-0.25, -0.2) is 9.37 Å². The van der Waals surface area contributed by atoms with E-state index in [1.54, 1.807) is 12.1 Å². The van der Waals surface area contributed by atoms with E-state index in [1.165, 1.54) is 48.0 Å². The third-order valence-electron chi connectivity index (χ3n) is 4.05. The number of thiazole rings is 1. The van der Waals surface area contributed by atoms with Gasteiger partial charge in [0.05, 0.1) is 0 Å². The zero-order valence-electron chi connectivity index (χ0n) is 12.0. The maximum absolute atomic E-state index is 13.4. The van der Waals surface area contributed by atoms with Crippen LogP contribution in [0.15, 0.2) is 30.5 Å². The molecule has 3 nitrogen and oxygen atoms in total. The summed E-state index contributed by atoms with van der Waals surface area (Å²) in [6, 6.07) is 7.47. The number of halogens is 1. The first-order chi connectivity index (χ1) is 10.2. The molecule has 21 heavy (non-hydrogen) atoms. The molecule has 0 saturated heterocycles. The van der Waals surface area contributed by atoms with Crippen molar-refractivity contribution < 1.29 is 4.39 Å². The lowest BCUT2D eigenvalue weighted by atomic mass is 10.1. The first kappa shape index (κ1) is 14.5. The summed E-state index contributed by atoms with van der Waals surface area (Å²) >= 11 is 1.54. The molecule has 0 atom stereocenters. The largest absolute Gasteiger partial charge is 0.375 e. The molecular formula is C16H20FN3S. The topological polar surface area (TPSA) is 42.1 Å². The highest BCUT2D eigenvalue weighted by atomic mass is 32.1. The van der Waals surface area contributed by atoms with Gasteiger partial charge in [-0.05, 0) is 30.5 Å². The van der Waals surface area contributed by atoms with Gasteiger partial charge < -0.3 is 5.73 Å². The Morgan fingerprint density at radius 2 is 2.10 bits per heavy atom. The molecule has 112 valence electrons. The Hall–Kier alpha value is -1.46. The van der Waals surface area contributed by atoms with Gasteiger partial charge in [0, 0.05) is 30.2 Å². The highest BCUT2D eigenvalue weighted by Crippen LogP contribution is 2.28. The molecule has 1 saturated carbocycles. The number of rotatable bonds is 5. The fraction of sp³-hybridized carbons (Fsp3) is 0.438. The maximum Gasteiger partial charge on any atom is 0.180 e. The lowest BCUT2D eigenvalue weighted by Crippen LogP contribution is -2.32. The molecule has 0 spiro atoms. The number of aromatic nitrogens is 1. The van der Waals surface area contributed by atoms with E-state index in [4.69, 9.17) is 5.73 Å². The third-order valence-corrected chi connectivity index (χ3v) is 4.86. The molecule has 0 radical (unpaired) electrons. The van der Waals surface area contributed by atoms with E-state index >= 15 is 0 Å². The van der Waals surface area contributed by atoms with E-state index < -0.39 is 0 Å². The minimum Gasteiger partial charge on any atom is -0.375 e. The van der Waals surface area contributed by atoms with Crippen LogP contribution in [0.5, 0.6) is 0 Å². The molecule has 0 unspecified atom stereocenters. The van der Waals surface area contributed by atoms with Crippen molar-refractivity contribution in [2.24, 2.45) is 0 Å². The monoisotopic (exact) mass is 305 g/mol. The zero-order valence-corrected chi connectivity index (χ0v) is 12.8. The quantitative estimate of drug-likeness (QED) is 0.913. The van der Waals surface area contributed by atoms with Crippen LogP contribution in [0.25, 0.3) is 0 Å². The van der Waals surface area contributed by atoms with Gasteiger partial charge >= 0.3 is 0 Å². The summed E-state index contributed by atoms with van der Waals surface area (Å²) < 4.78 is 13.4. The van der Waals surface area contributed by atoms with Gasteiger partial charge in [-0.2, -0.15) is 0 Å². The molecule has 5 heteroatoms. The van der Waals surface area contributed by atoms with Crippen molar-refractivity contribution in [2.45, 2.75) is 44.8 Å². The second-order valence-corrected chi connectivity index (χ2v) is 6.78. The number of hydrogen-bond donors (Lipinski definition) is 1. The SMILES string of the molecule is Nc1ncc(CN(Cc2cccc(F)c2)C2CCCC2)s1. The summed E-state index contributed by atoms with van der Waals surface area (Å²) in [5, 5.41) is 0.613. The van der Waals surface area contributed by atoms with Crippen LogP contribution >= 0.6 is 11.3 Å². The van der Waals surface area contributed by atoms with Crippen LogP contribution in [-0.2, 0) is 13.1 Å². The standard InChI is InChI=1S/C16H20FN3S/c17-13-5-3-4-12(8-13)10-20(14-6-1-2-7-14)11-15-9-19-16(18)21-15/h3-5,8-9,14H,1-2,6-7,10-11H2,(H2,18,19). The van der Waals surface area contributed by atoms with Gasteiger partial charge in [0.1, 0.15) is 5.82 Å². The summed E-state index contributed by atoms with van der Waals surface area (Å²) in [5.74, 6) is -0.166. The molecule has 0 aliphatic heterocycles. The predicted octanol–water partition coefficient (Wildman–Crippen LogP) is 3.81. The number of hydrogen-bond acceptors (Lipinski definition) is 4. The minimum atomic E-state index is -0.166. The lowest BCUT2D eigenvalue weighted by Gasteiger charge is -2.28. The molecule has 2 N–H and O–H groups in total. The first-order valence-corrected chi connectivity index (χ1v) is 8.21. The minimum absolute atomic E-state index is 0.166. The van der Waals surface area contributed by atoms with Crippen LogP contribution < -0.4 is 5.73 Å². The Bertz CT molecular complexity index is 593. The first-order valence-electron chi connectivity index (χ1n) is 7.39. The van der Waals surface area contributed by atoms with Crippen molar-refractivity contribution in [3.63, 3.8) is 0 Å². The van der Waals surface area contributed by atoms with E-state index in [9.17, 15) is 4.39 Å². The highest BCUT2D eigenvalue weighted by Gasteiger charge is 2.23. The van der Waals surface area contributed by atoms with Crippen molar-refractivity contribution in [1.82, 2.24) is 9.88 Å². The summed E-state index contributed by atoms with van der Waals surface area (Å²) in [5.41, 5.74) is 6.75. The Balaban J connectivity index is 1.75. The van der Waals surface area contributed by atoms with E-state index in [2.05, 4.69) is 9.88 Å². The number of benzene rings is 1. The lowest BCUT2D eigenvalue weighted by molar-refractivity contribution is 0.182. The second-order valence-electron chi connectivity index (χ2n) is 5.64. The van der Waals surface area contributed by atoms with E-state index in [0.29, 0.717) is 11.2 Å². The number of anilines is 1. The van der Waals surface area contributed by atoms with Crippen LogP contribution in [0.1, 0.15) is 36.1 Å². The van der Waals surface area contributed by atoms with E-state index in [1.807, 2.05) is 12.3 Å². The summed E-state index contributed by atoms with van der Waals surface area (Å²) in [6.45, 7) is 1.62. The molecule has 2 aromatic rings. The van der Waals surface area contributed by atoms with Gasteiger partial charge in [-0.1, -0.05) is 25.0 Å². The number of nitrogen functional groups attached to an aromatic ring is 1. The number of nitrogens with zero attached hydrogens (tertiary/aromatic N) is 2. The zero-order chi connectivity index (χ0) is 14.7. The van der Waals surface area contributed by atoms with Crippen molar-refractivity contribution >= 4 is 16.5 Å². The van der Waals surface area contributed by atoms with Gasteiger partial charge in [0.2, 0.25) is 0 Å². The molecule has 1 aromatic carbocycles. The number of nitrogens with two attached hydrogens (primary N) is 1. The molecule has 1 aliphatic carbocycles. The van der Waals surface area contributed by atoms with Crippen molar-refractivity contribution in [3.8, 4) is 0 Å². The smallest absolute Gasteiger partial charge is 0.180 e. The van der Waals surface area contributed by atoms with E-state index in [0.717, 1.165) is 18.7 Å². The summed E-state index contributed by atoms with van der Waals surface area (Å²) in [4.78, 5) is 7.74. The predicted molar refractivity (Wildman–Crippen MR) is 84.4 cm³/mol. The Morgan fingerprint density at radius 3 is 2.76 bits per heavy atom. The molecule has 0 bridgehead atoms. The fourth-order valence-corrected chi connectivity index (χ4v) is 3.76. The molecule has 1 heterocycles. The molecule has 1 fully saturated rings. The molecular weight excluding hydrogens is 285 g/mol. The molecule has 3 rings (SSSR count). The van der Waals surface area contributed by atoms with Crippen molar-refractivity contribution in [1.29, 1.82) is 0 Å². The Labute approximate surface area is 128 Å². The van der Waals surface area contributed by atoms with Gasteiger partial charge in [0.25, 0.3) is 0 Å². The molecule has 1 aromatic heterocycles. The summed E-state index contributed by atoms with van der Waals surface area (Å²) in [6.07, 6.45) is 6.88. The molecule has 0 amide bonds. The Kier molecular flexibility index (Phi) is 4.51. The van der Waals surface area contributed by atoms with Crippen LogP contribution in [0.2, 0.25) is 0 Å². The van der Waals surface area contributed by atoms with Crippen molar-refractivity contribution in [3.05, 3.63) is 46.7 Å². The van der Waals surface area contributed by atoms with E-state index in [-0.39, 0.29) is 5.82 Å². The van der Waals surface area contributed by atoms with Crippen LogP contribution in [0, 0.1) is 5.82 Å². The Morgan fingerprint density at radius 1 is 1.29 bits per heavy atom. The van der Waals surface area contributed by atoms with Crippen LogP contribution in [-0.4, -0.2) is 15.9 Å². The summed E-state index contributed by atoms with van der Waals surface area (Å²) in [7, 11) is 0. The average molecular weight is 305 g/mol. The average Bonchev–Trinajstić information content (AvgIpc) is 3.10.